The number of amides is 1. The van der Waals surface area contributed by atoms with Crippen LogP contribution in [-0.4, -0.2) is 23.7 Å². The largest absolute Gasteiger partial charge is 0.394 e. The maximum atomic E-state index is 13.4. The van der Waals surface area contributed by atoms with Crippen LogP contribution in [0.4, 0.5) is 4.39 Å². The van der Waals surface area contributed by atoms with Crippen molar-refractivity contribution in [3.63, 3.8) is 0 Å². The molecular formula is C10H11ClFNO2. The fourth-order valence-corrected chi connectivity index (χ4v) is 1.20. The summed E-state index contributed by atoms with van der Waals surface area (Å²) < 4.78 is 13.4. The summed E-state index contributed by atoms with van der Waals surface area (Å²) in [7, 11) is 0. The number of rotatable bonds is 3. The molecule has 0 aliphatic rings. The Bertz CT molecular complexity index is 370. The van der Waals surface area contributed by atoms with Gasteiger partial charge in [0, 0.05) is 6.04 Å². The zero-order chi connectivity index (χ0) is 11.4. The van der Waals surface area contributed by atoms with E-state index < -0.39 is 17.8 Å². The molecule has 0 bridgehead atoms. The summed E-state index contributed by atoms with van der Waals surface area (Å²) in [4.78, 5) is 11.5. The number of aliphatic hydroxyl groups is 1. The lowest BCUT2D eigenvalue weighted by atomic mass is 10.2. The Hall–Kier alpha value is -1.13. The highest BCUT2D eigenvalue weighted by atomic mass is 35.5. The lowest BCUT2D eigenvalue weighted by molar-refractivity contribution is 0.0918. The van der Waals surface area contributed by atoms with Crippen LogP contribution in [0.3, 0.4) is 0 Å². The standard InChI is InChI=1S/C10H11ClFNO2/c1-6(5-14)13-10(15)7-3-2-4-8(11)9(7)12/h2-4,6,14H,5H2,1H3,(H,13,15). The Morgan fingerprint density at radius 1 is 1.67 bits per heavy atom. The van der Waals surface area contributed by atoms with E-state index in [0.717, 1.165) is 0 Å². The molecule has 0 aromatic heterocycles. The van der Waals surface area contributed by atoms with E-state index in [9.17, 15) is 9.18 Å². The molecule has 2 N–H and O–H groups in total. The molecule has 0 spiro atoms. The molecule has 5 heteroatoms. The molecule has 1 atom stereocenters. The van der Waals surface area contributed by atoms with Gasteiger partial charge in [-0.3, -0.25) is 4.79 Å². The van der Waals surface area contributed by atoms with Crippen molar-refractivity contribution < 1.29 is 14.3 Å². The van der Waals surface area contributed by atoms with E-state index in [-0.39, 0.29) is 17.2 Å². The van der Waals surface area contributed by atoms with E-state index in [0.29, 0.717) is 0 Å². The van der Waals surface area contributed by atoms with Gasteiger partial charge >= 0.3 is 0 Å². The molecule has 0 heterocycles. The Labute approximate surface area is 91.9 Å². The minimum Gasteiger partial charge on any atom is -0.394 e. The van der Waals surface area contributed by atoms with Gasteiger partial charge in [0.05, 0.1) is 17.2 Å². The van der Waals surface area contributed by atoms with E-state index >= 15 is 0 Å². The fourth-order valence-electron chi connectivity index (χ4n) is 1.03. The van der Waals surface area contributed by atoms with Crippen LogP contribution >= 0.6 is 11.6 Å². The van der Waals surface area contributed by atoms with Gasteiger partial charge in [-0.2, -0.15) is 0 Å². The van der Waals surface area contributed by atoms with Gasteiger partial charge in [-0.15, -0.1) is 0 Å². The molecule has 0 fully saturated rings. The van der Waals surface area contributed by atoms with Crippen LogP contribution in [0, 0.1) is 5.82 Å². The highest BCUT2D eigenvalue weighted by molar-refractivity contribution is 6.31. The number of hydrogen-bond acceptors (Lipinski definition) is 2. The van der Waals surface area contributed by atoms with Crippen LogP contribution in [0.1, 0.15) is 17.3 Å². The average molecular weight is 232 g/mol. The van der Waals surface area contributed by atoms with Crippen molar-refractivity contribution in [3.8, 4) is 0 Å². The van der Waals surface area contributed by atoms with Gasteiger partial charge in [0.1, 0.15) is 0 Å². The molecular weight excluding hydrogens is 221 g/mol. The first-order chi connectivity index (χ1) is 7.06. The van der Waals surface area contributed by atoms with Crippen molar-refractivity contribution in [2.75, 3.05) is 6.61 Å². The first-order valence-corrected chi connectivity index (χ1v) is 4.79. The van der Waals surface area contributed by atoms with Gasteiger partial charge in [0.15, 0.2) is 5.82 Å². The molecule has 1 aromatic carbocycles. The summed E-state index contributed by atoms with van der Waals surface area (Å²) in [6, 6.07) is 3.77. The van der Waals surface area contributed by atoms with Crippen molar-refractivity contribution >= 4 is 17.5 Å². The van der Waals surface area contributed by atoms with Crippen LogP contribution < -0.4 is 5.32 Å². The SMILES string of the molecule is CC(CO)NC(=O)c1cccc(Cl)c1F. The lowest BCUT2D eigenvalue weighted by Crippen LogP contribution is -2.35. The Kier molecular flexibility index (Phi) is 4.05. The van der Waals surface area contributed by atoms with Crippen molar-refractivity contribution in [1.82, 2.24) is 5.32 Å². The van der Waals surface area contributed by atoms with Gasteiger partial charge < -0.3 is 10.4 Å². The molecule has 3 nitrogen and oxygen atoms in total. The Balaban J connectivity index is 2.87. The minimum atomic E-state index is -0.748. The lowest BCUT2D eigenvalue weighted by Gasteiger charge is -2.11. The van der Waals surface area contributed by atoms with Crippen molar-refractivity contribution in [2.24, 2.45) is 0 Å². The van der Waals surface area contributed by atoms with Gasteiger partial charge in [-0.1, -0.05) is 17.7 Å². The molecule has 0 aliphatic heterocycles. The molecule has 1 amide bonds. The van der Waals surface area contributed by atoms with E-state index in [1.54, 1.807) is 6.92 Å². The fraction of sp³-hybridized carbons (Fsp3) is 0.300. The van der Waals surface area contributed by atoms with E-state index in [2.05, 4.69) is 5.32 Å². The second-order valence-electron chi connectivity index (χ2n) is 3.16. The van der Waals surface area contributed by atoms with Gasteiger partial charge in [-0.25, -0.2) is 4.39 Å². The molecule has 1 aromatic rings. The summed E-state index contributed by atoms with van der Waals surface area (Å²) in [5.41, 5.74) is -0.122. The summed E-state index contributed by atoms with van der Waals surface area (Å²) >= 11 is 5.52. The second kappa shape index (κ2) is 5.09. The summed E-state index contributed by atoms with van der Waals surface area (Å²) in [5.74, 6) is -1.33. The maximum absolute atomic E-state index is 13.4. The van der Waals surface area contributed by atoms with Gasteiger partial charge in [0.2, 0.25) is 0 Å². The number of benzene rings is 1. The highest BCUT2D eigenvalue weighted by Gasteiger charge is 2.15. The quantitative estimate of drug-likeness (QED) is 0.830. The normalized spacial score (nSPS) is 12.3. The number of aliphatic hydroxyl groups excluding tert-OH is 1. The number of carbonyl (C=O) groups excluding carboxylic acids is 1. The topological polar surface area (TPSA) is 49.3 Å². The Morgan fingerprint density at radius 3 is 2.93 bits per heavy atom. The molecule has 1 rings (SSSR count). The number of carbonyl (C=O) groups is 1. The minimum absolute atomic E-state index is 0.0979. The predicted molar refractivity (Wildman–Crippen MR) is 55.4 cm³/mol. The number of halogens is 2. The highest BCUT2D eigenvalue weighted by Crippen LogP contribution is 2.17. The molecule has 1 unspecified atom stereocenters. The molecule has 0 saturated heterocycles. The monoisotopic (exact) mass is 231 g/mol. The average Bonchev–Trinajstić information content (AvgIpc) is 2.21. The first kappa shape index (κ1) is 11.9. The van der Waals surface area contributed by atoms with Crippen LogP contribution in [0.5, 0.6) is 0 Å². The summed E-state index contributed by atoms with van der Waals surface area (Å²) in [6.07, 6.45) is 0. The number of hydrogen-bond donors (Lipinski definition) is 2. The van der Waals surface area contributed by atoms with Crippen LogP contribution in [-0.2, 0) is 0 Å². The van der Waals surface area contributed by atoms with E-state index in [1.807, 2.05) is 0 Å². The van der Waals surface area contributed by atoms with E-state index in [1.165, 1.54) is 18.2 Å². The summed E-state index contributed by atoms with van der Waals surface area (Å²) in [5, 5.41) is 11.0. The van der Waals surface area contributed by atoms with Crippen molar-refractivity contribution in [2.45, 2.75) is 13.0 Å². The smallest absolute Gasteiger partial charge is 0.254 e. The van der Waals surface area contributed by atoms with E-state index in [4.69, 9.17) is 16.7 Å². The molecule has 0 aliphatic carbocycles. The zero-order valence-electron chi connectivity index (χ0n) is 8.13. The van der Waals surface area contributed by atoms with Crippen molar-refractivity contribution in [1.29, 1.82) is 0 Å². The molecule has 0 radical (unpaired) electrons. The second-order valence-corrected chi connectivity index (χ2v) is 3.57. The van der Waals surface area contributed by atoms with Crippen LogP contribution in [0.25, 0.3) is 0 Å². The molecule has 0 saturated carbocycles. The number of nitrogens with one attached hydrogen (secondary N) is 1. The molecule has 82 valence electrons. The summed E-state index contributed by atoms with van der Waals surface area (Å²) in [6.45, 7) is 1.41. The third-order valence-corrected chi connectivity index (χ3v) is 2.14. The first-order valence-electron chi connectivity index (χ1n) is 4.42. The maximum Gasteiger partial charge on any atom is 0.254 e. The predicted octanol–water partition coefficient (Wildman–Crippen LogP) is 1.59. The zero-order valence-corrected chi connectivity index (χ0v) is 8.88. The molecule has 15 heavy (non-hydrogen) atoms. The Morgan fingerprint density at radius 2 is 2.33 bits per heavy atom. The van der Waals surface area contributed by atoms with Gasteiger partial charge in [0.25, 0.3) is 5.91 Å². The van der Waals surface area contributed by atoms with Crippen LogP contribution in [0.2, 0.25) is 5.02 Å². The third-order valence-electron chi connectivity index (χ3n) is 1.85. The van der Waals surface area contributed by atoms with Crippen LogP contribution in [0.15, 0.2) is 18.2 Å². The van der Waals surface area contributed by atoms with Crippen molar-refractivity contribution in [3.05, 3.63) is 34.6 Å². The van der Waals surface area contributed by atoms with Gasteiger partial charge in [-0.05, 0) is 19.1 Å². The third kappa shape index (κ3) is 2.91.